The van der Waals surface area contributed by atoms with Crippen molar-refractivity contribution >= 4 is 49.6 Å². The van der Waals surface area contributed by atoms with E-state index in [1.165, 1.54) is 6.07 Å². The Kier molecular flexibility index (Phi) is 6.58. The first-order valence-electron chi connectivity index (χ1n) is 6.44. The van der Waals surface area contributed by atoms with Gasteiger partial charge >= 0.3 is 5.97 Å². The third-order valence-electron chi connectivity index (χ3n) is 3.12. The lowest BCUT2D eigenvalue weighted by Gasteiger charge is -2.22. The van der Waals surface area contributed by atoms with Gasteiger partial charge in [-0.1, -0.05) is 0 Å². The lowest BCUT2D eigenvalue weighted by Crippen LogP contribution is -2.22. The number of ether oxygens (including phenoxy) is 1. The Morgan fingerprint density at radius 3 is 2.65 bits per heavy atom. The summed E-state index contributed by atoms with van der Waals surface area (Å²) in [6.45, 7) is 0.341. The average Bonchev–Trinajstić information content (AvgIpc) is 2.86. The van der Waals surface area contributed by atoms with Crippen molar-refractivity contribution in [3.05, 3.63) is 11.6 Å². The molecule has 0 saturated heterocycles. The number of sulfonamides is 1. The molecule has 1 unspecified atom stereocenters. The van der Waals surface area contributed by atoms with Crippen molar-refractivity contribution in [2.75, 3.05) is 12.3 Å². The summed E-state index contributed by atoms with van der Waals surface area (Å²) >= 11 is 0.586. The second-order valence-electron chi connectivity index (χ2n) is 4.83. The quantitative estimate of drug-likeness (QED) is 0.671. The predicted octanol–water partition coefficient (Wildman–Crippen LogP) is 0.318. The molecule has 0 bridgehead atoms. The zero-order valence-corrected chi connectivity index (χ0v) is 15.2. The fourth-order valence-corrected chi connectivity index (χ4v) is 6.20. The number of sulfone groups is 1. The first kappa shape index (κ1) is 20.3. The molecule has 0 spiro atoms. The van der Waals surface area contributed by atoms with E-state index in [-0.39, 0.29) is 45.0 Å². The molecule has 1 aliphatic rings. The zero-order valence-electron chi connectivity index (χ0n) is 11.9. The number of halogens is 1. The van der Waals surface area contributed by atoms with Gasteiger partial charge in [0, 0.05) is 18.4 Å². The standard InChI is InChI=1S/C11H16N2O6S3.ClH/c12-4-1-2-9(14)19-8-3-5-21(15,16)11-7(8)6-10(20-11)22(13,17)18;/h6,8H,1-5,12H2,(H2,13,17,18);1H. The van der Waals surface area contributed by atoms with Crippen LogP contribution in [0.4, 0.5) is 0 Å². The summed E-state index contributed by atoms with van der Waals surface area (Å²) in [5.74, 6) is -0.705. The summed E-state index contributed by atoms with van der Waals surface area (Å²) in [5, 5.41) is 5.04. The Hall–Kier alpha value is -0.720. The molecule has 4 N–H and O–H groups in total. The topological polar surface area (TPSA) is 147 Å². The van der Waals surface area contributed by atoms with Gasteiger partial charge in [-0.3, -0.25) is 4.79 Å². The van der Waals surface area contributed by atoms with Crippen molar-refractivity contribution in [1.82, 2.24) is 0 Å². The van der Waals surface area contributed by atoms with Crippen molar-refractivity contribution in [2.24, 2.45) is 10.9 Å². The molecule has 8 nitrogen and oxygen atoms in total. The van der Waals surface area contributed by atoms with Crippen LogP contribution < -0.4 is 10.9 Å². The molecule has 2 rings (SSSR count). The van der Waals surface area contributed by atoms with Crippen LogP contribution in [-0.2, 0) is 29.4 Å². The summed E-state index contributed by atoms with van der Waals surface area (Å²) in [5.41, 5.74) is 5.49. The lowest BCUT2D eigenvalue weighted by atomic mass is 10.1. The minimum Gasteiger partial charge on any atom is -0.457 e. The van der Waals surface area contributed by atoms with Crippen molar-refractivity contribution in [1.29, 1.82) is 0 Å². The molecule has 0 aliphatic carbocycles. The number of hydrogen-bond donors (Lipinski definition) is 2. The number of carbonyl (C=O) groups excluding carboxylic acids is 1. The van der Waals surface area contributed by atoms with Crippen molar-refractivity contribution < 1.29 is 26.4 Å². The number of nitrogens with two attached hydrogens (primary N) is 2. The number of hydrogen-bond acceptors (Lipinski definition) is 8. The van der Waals surface area contributed by atoms with Gasteiger partial charge in [-0.25, -0.2) is 22.0 Å². The first-order chi connectivity index (χ1) is 10.1. The number of carbonyl (C=O) groups is 1. The highest BCUT2D eigenvalue weighted by atomic mass is 35.5. The minimum atomic E-state index is -4.02. The fraction of sp³-hybridized carbons (Fsp3) is 0.545. The largest absolute Gasteiger partial charge is 0.457 e. The molecule has 132 valence electrons. The Bertz CT molecular complexity index is 787. The van der Waals surface area contributed by atoms with E-state index in [4.69, 9.17) is 15.6 Å². The summed E-state index contributed by atoms with van der Waals surface area (Å²) < 4.78 is 51.8. The molecule has 12 heteroatoms. The van der Waals surface area contributed by atoms with E-state index in [0.717, 1.165) is 0 Å². The van der Waals surface area contributed by atoms with Crippen molar-refractivity contribution in [2.45, 2.75) is 33.8 Å². The van der Waals surface area contributed by atoms with Crippen molar-refractivity contribution in [3.63, 3.8) is 0 Å². The Morgan fingerprint density at radius 1 is 1.43 bits per heavy atom. The molecule has 0 amide bonds. The van der Waals surface area contributed by atoms with Gasteiger partial charge in [0.15, 0.2) is 9.84 Å². The van der Waals surface area contributed by atoms with Crippen LogP contribution in [0.15, 0.2) is 14.5 Å². The number of primary sulfonamides is 1. The molecule has 1 aliphatic heterocycles. The fourth-order valence-electron chi connectivity index (χ4n) is 2.07. The maximum absolute atomic E-state index is 12.0. The van der Waals surface area contributed by atoms with Gasteiger partial charge in [0.1, 0.15) is 14.5 Å². The van der Waals surface area contributed by atoms with Crippen LogP contribution in [0.5, 0.6) is 0 Å². The Morgan fingerprint density at radius 2 is 2.09 bits per heavy atom. The maximum Gasteiger partial charge on any atom is 0.306 e. The average molecular weight is 405 g/mol. The third kappa shape index (κ3) is 4.64. The predicted molar refractivity (Wildman–Crippen MR) is 86.7 cm³/mol. The van der Waals surface area contributed by atoms with E-state index < -0.39 is 31.9 Å². The molecule has 0 aromatic carbocycles. The lowest BCUT2D eigenvalue weighted by molar-refractivity contribution is -0.149. The number of rotatable bonds is 5. The van der Waals surface area contributed by atoms with Crippen LogP contribution >= 0.6 is 23.7 Å². The summed E-state index contributed by atoms with van der Waals surface area (Å²) in [6, 6.07) is 1.17. The molecule has 0 fully saturated rings. The number of esters is 1. The van der Waals surface area contributed by atoms with E-state index in [0.29, 0.717) is 24.3 Å². The second kappa shape index (κ2) is 7.45. The summed E-state index contributed by atoms with van der Waals surface area (Å²) in [7, 11) is -7.60. The van der Waals surface area contributed by atoms with Crippen LogP contribution in [-0.4, -0.2) is 35.1 Å². The van der Waals surface area contributed by atoms with E-state index >= 15 is 0 Å². The van der Waals surface area contributed by atoms with Gasteiger partial charge in [0.05, 0.1) is 5.75 Å². The molecular weight excluding hydrogens is 388 g/mol. The minimum absolute atomic E-state index is 0. The third-order valence-corrected chi connectivity index (χ3v) is 8.07. The van der Waals surface area contributed by atoms with Crippen LogP contribution in [0.2, 0.25) is 0 Å². The van der Waals surface area contributed by atoms with Crippen molar-refractivity contribution in [3.8, 4) is 0 Å². The molecule has 1 atom stereocenters. The Labute approximate surface area is 144 Å². The smallest absolute Gasteiger partial charge is 0.306 e. The monoisotopic (exact) mass is 404 g/mol. The molecule has 0 radical (unpaired) electrons. The highest BCUT2D eigenvalue weighted by molar-refractivity contribution is 7.95. The van der Waals surface area contributed by atoms with Gasteiger partial charge in [0.2, 0.25) is 10.0 Å². The Balaban J connectivity index is 0.00000264. The van der Waals surface area contributed by atoms with Crippen LogP contribution in [0.3, 0.4) is 0 Å². The molecule has 2 heterocycles. The second-order valence-corrected chi connectivity index (χ2v) is 9.98. The molecule has 0 saturated carbocycles. The highest BCUT2D eigenvalue weighted by Crippen LogP contribution is 2.41. The zero-order chi connectivity index (χ0) is 16.5. The van der Waals surface area contributed by atoms with Gasteiger partial charge in [-0.05, 0) is 19.0 Å². The van der Waals surface area contributed by atoms with Gasteiger partial charge in [-0.2, -0.15) is 0 Å². The normalized spacial score (nSPS) is 19.5. The van der Waals surface area contributed by atoms with Gasteiger partial charge < -0.3 is 10.5 Å². The number of thiophene rings is 1. The maximum atomic E-state index is 12.0. The van der Waals surface area contributed by atoms with Gasteiger partial charge in [0.25, 0.3) is 0 Å². The highest BCUT2D eigenvalue weighted by Gasteiger charge is 2.36. The van der Waals surface area contributed by atoms with E-state index in [2.05, 4.69) is 0 Å². The van der Waals surface area contributed by atoms with Crippen LogP contribution in [0, 0.1) is 0 Å². The molecular formula is C11H17ClN2O6S3. The van der Waals surface area contributed by atoms with Gasteiger partial charge in [-0.15, -0.1) is 23.7 Å². The molecule has 1 aromatic heterocycles. The van der Waals surface area contributed by atoms with E-state index in [9.17, 15) is 21.6 Å². The molecule has 23 heavy (non-hydrogen) atoms. The van der Waals surface area contributed by atoms with Crippen LogP contribution in [0.1, 0.15) is 30.9 Å². The van der Waals surface area contributed by atoms with Crippen LogP contribution in [0.25, 0.3) is 0 Å². The summed E-state index contributed by atoms with van der Waals surface area (Å²) in [4.78, 5) is 11.7. The number of fused-ring (bicyclic) bond motifs is 1. The van der Waals surface area contributed by atoms with E-state index in [1.807, 2.05) is 0 Å². The SMILES string of the molecule is Cl.NCCCC(=O)OC1CCS(=O)(=O)c2sc(S(N)(=O)=O)cc21. The van der Waals surface area contributed by atoms with E-state index in [1.54, 1.807) is 0 Å². The summed E-state index contributed by atoms with van der Waals surface area (Å²) in [6.07, 6.45) is -0.107. The molecule has 1 aromatic rings. The first-order valence-corrected chi connectivity index (χ1v) is 10.5.